The zero-order valence-electron chi connectivity index (χ0n) is 28.6. The number of carbonyl (C=O) groups is 2. The lowest BCUT2D eigenvalue weighted by atomic mass is 10.0. The molecule has 0 rings (SSSR count). The number of hydrogen-bond donors (Lipinski definition) is 3. The number of phosphoric acid groups is 1. The standard InChI is InChI=1S/C34H67O10P/c1-3-4-5-6-7-8-9-10-11-12-13-14-15-16-17-18-19-20-21-22-23-24-25-26-34(38)44-33(29-41-31(2)36)30-43-45(39,40)42-28-32(37)27-35/h32-33,35,37H,3-30H2,1-2H3,(H,39,40). The van der Waals surface area contributed by atoms with Crippen molar-refractivity contribution in [2.45, 2.75) is 180 Å². The molecule has 0 amide bonds. The second kappa shape index (κ2) is 31.6. The molecule has 268 valence electrons. The molecule has 0 aliphatic heterocycles. The third-order valence-electron chi connectivity index (χ3n) is 7.82. The molecule has 0 radical (unpaired) electrons. The van der Waals surface area contributed by atoms with Crippen LogP contribution in [0.2, 0.25) is 0 Å². The Kier molecular flexibility index (Phi) is 30.8. The van der Waals surface area contributed by atoms with Crippen LogP contribution in [-0.2, 0) is 32.7 Å². The van der Waals surface area contributed by atoms with Crippen LogP contribution in [0.25, 0.3) is 0 Å². The van der Waals surface area contributed by atoms with Crippen molar-refractivity contribution >= 4 is 19.8 Å². The first-order valence-corrected chi connectivity index (χ1v) is 19.4. The van der Waals surface area contributed by atoms with Crippen LogP contribution in [0.15, 0.2) is 0 Å². The second-order valence-corrected chi connectivity index (χ2v) is 13.8. The van der Waals surface area contributed by atoms with E-state index in [1.807, 2.05) is 0 Å². The van der Waals surface area contributed by atoms with Crippen LogP contribution in [-0.4, -0.2) is 65.7 Å². The van der Waals surface area contributed by atoms with Crippen molar-refractivity contribution < 1.29 is 47.8 Å². The lowest BCUT2D eigenvalue weighted by Gasteiger charge is -2.20. The summed E-state index contributed by atoms with van der Waals surface area (Å²) in [5.41, 5.74) is 0. The number of carbonyl (C=O) groups excluding carboxylic acids is 2. The van der Waals surface area contributed by atoms with Gasteiger partial charge in [-0.15, -0.1) is 0 Å². The van der Waals surface area contributed by atoms with Gasteiger partial charge in [-0.25, -0.2) is 4.57 Å². The first-order valence-electron chi connectivity index (χ1n) is 17.9. The van der Waals surface area contributed by atoms with Crippen LogP contribution in [0.5, 0.6) is 0 Å². The van der Waals surface area contributed by atoms with E-state index in [-0.39, 0.29) is 13.0 Å². The Hall–Kier alpha value is -1.03. The zero-order chi connectivity index (χ0) is 33.4. The van der Waals surface area contributed by atoms with E-state index in [1.54, 1.807) is 0 Å². The van der Waals surface area contributed by atoms with Gasteiger partial charge in [0.05, 0.1) is 19.8 Å². The maximum atomic E-state index is 12.3. The fourth-order valence-corrected chi connectivity index (χ4v) is 5.86. The summed E-state index contributed by atoms with van der Waals surface area (Å²) in [5, 5.41) is 18.0. The number of aliphatic hydroxyl groups is 2. The number of rotatable bonds is 34. The third-order valence-corrected chi connectivity index (χ3v) is 8.77. The monoisotopic (exact) mass is 666 g/mol. The van der Waals surface area contributed by atoms with Crippen molar-refractivity contribution in [3.05, 3.63) is 0 Å². The third kappa shape index (κ3) is 32.7. The lowest BCUT2D eigenvalue weighted by Crippen LogP contribution is -2.29. The Labute approximate surface area is 273 Å². The minimum atomic E-state index is -4.57. The number of esters is 2. The Morgan fingerprint density at radius 3 is 1.38 bits per heavy atom. The topological polar surface area (TPSA) is 149 Å². The smallest absolute Gasteiger partial charge is 0.462 e. The Morgan fingerprint density at radius 1 is 0.622 bits per heavy atom. The number of hydrogen-bond acceptors (Lipinski definition) is 9. The van der Waals surface area contributed by atoms with E-state index in [1.165, 1.54) is 129 Å². The van der Waals surface area contributed by atoms with Gasteiger partial charge >= 0.3 is 19.8 Å². The molecular weight excluding hydrogens is 599 g/mol. The quantitative estimate of drug-likeness (QED) is 0.0348. The molecule has 0 aliphatic rings. The number of unbranched alkanes of at least 4 members (excludes halogenated alkanes) is 22. The predicted molar refractivity (Wildman–Crippen MR) is 178 cm³/mol. The molecule has 3 atom stereocenters. The van der Waals surface area contributed by atoms with Crippen LogP contribution >= 0.6 is 7.82 Å². The van der Waals surface area contributed by atoms with Gasteiger partial charge in [-0.05, 0) is 6.42 Å². The molecule has 11 heteroatoms. The molecule has 45 heavy (non-hydrogen) atoms. The van der Waals surface area contributed by atoms with Crippen molar-refractivity contribution in [1.29, 1.82) is 0 Å². The minimum Gasteiger partial charge on any atom is -0.462 e. The zero-order valence-corrected chi connectivity index (χ0v) is 29.5. The molecule has 0 bridgehead atoms. The van der Waals surface area contributed by atoms with E-state index in [0.717, 1.165) is 19.3 Å². The van der Waals surface area contributed by atoms with Crippen molar-refractivity contribution in [3.63, 3.8) is 0 Å². The van der Waals surface area contributed by atoms with Crippen LogP contribution in [0.1, 0.15) is 168 Å². The maximum absolute atomic E-state index is 12.3. The van der Waals surface area contributed by atoms with Gasteiger partial charge in [0.2, 0.25) is 0 Å². The van der Waals surface area contributed by atoms with E-state index >= 15 is 0 Å². The SMILES string of the molecule is CCCCCCCCCCCCCCCCCCCCCCCCCC(=O)OC(COC(C)=O)COP(=O)(O)OCC(O)CO. The van der Waals surface area contributed by atoms with Gasteiger partial charge in [0.15, 0.2) is 6.10 Å². The van der Waals surface area contributed by atoms with Crippen LogP contribution in [0.3, 0.4) is 0 Å². The largest absolute Gasteiger partial charge is 0.472 e. The van der Waals surface area contributed by atoms with Gasteiger partial charge in [0, 0.05) is 13.3 Å². The normalized spacial score (nSPS) is 14.2. The van der Waals surface area contributed by atoms with Gasteiger partial charge in [-0.2, -0.15) is 0 Å². The highest BCUT2D eigenvalue weighted by Crippen LogP contribution is 2.43. The van der Waals surface area contributed by atoms with Crippen LogP contribution in [0, 0.1) is 0 Å². The van der Waals surface area contributed by atoms with E-state index in [0.29, 0.717) is 6.42 Å². The first kappa shape index (κ1) is 44.0. The summed E-state index contributed by atoms with van der Waals surface area (Å²) in [5.74, 6) is -1.11. The van der Waals surface area contributed by atoms with Crippen molar-refractivity contribution in [2.24, 2.45) is 0 Å². The summed E-state index contributed by atoms with van der Waals surface area (Å²) >= 11 is 0. The molecule has 0 aliphatic carbocycles. The summed E-state index contributed by atoms with van der Waals surface area (Å²) < 4.78 is 31.4. The van der Waals surface area contributed by atoms with Crippen LogP contribution < -0.4 is 0 Å². The molecule has 0 fully saturated rings. The number of ether oxygens (including phenoxy) is 2. The Morgan fingerprint density at radius 2 is 1.00 bits per heavy atom. The summed E-state index contributed by atoms with van der Waals surface area (Å²) in [4.78, 5) is 33.1. The number of phosphoric ester groups is 1. The fourth-order valence-electron chi connectivity index (χ4n) is 5.07. The van der Waals surface area contributed by atoms with Crippen molar-refractivity contribution in [3.8, 4) is 0 Å². The highest BCUT2D eigenvalue weighted by atomic mass is 31.2. The van der Waals surface area contributed by atoms with E-state index in [9.17, 15) is 24.2 Å². The van der Waals surface area contributed by atoms with Crippen LogP contribution in [0.4, 0.5) is 0 Å². The summed E-state index contributed by atoms with van der Waals surface area (Å²) in [6.45, 7) is 1.33. The summed E-state index contributed by atoms with van der Waals surface area (Å²) in [6, 6.07) is 0. The lowest BCUT2D eigenvalue weighted by molar-refractivity contribution is -0.160. The molecule has 0 aromatic carbocycles. The fraction of sp³-hybridized carbons (Fsp3) is 0.941. The number of aliphatic hydroxyl groups excluding tert-OH is 2. The molecule has 0 aromatic rings. The second-order valence-electron chi connectivity index (χ2n) is 12.3. The predicted octanol–water partition coefficient (Wildman–Crippen LogP) is 8.33. The molecule has 0 saturated carbocycles. The average Bonchev–Trinajstić information content (AvgIpc) is 3.01. The molecular formula is C34H67O10P. The molecule has 0 spiro atoms. The minimum absolute atomic E-state index is 0.186. The van der Waals surface area contributed by atoms with Crippen molar-refractivity contribution in [2.75, 3.05) is 26.4 Å². The van der Waals surface area contributed by atoms with Gasteiger partial charge in [0.25, 0.3) is 0 Å². The van der Waals surface area contributed by atoms with Gasteiger partial charge in [-0.3, -0.25) is 18.6 Å². The molecule has 3 unspecified atom stereocenters. The highest BCUT2D eigenvalue weighted by Gasteiger charge is 2.26. The van der Waals surface area contributed by atoms with Gasteiger partial charge in [0.1, 0.15) is 12.7 Å². The summed E-state index contributed by atoms with van der Waals surface area (Å²) in [6.07, 6.45) is 27.6. The molecule has 0 saturated heterocycles. The summed E-state index contributed by atoms with van der Waals surface area (Å²) in [7, 11) is -4.57. The van der Waals surface area contributed by atoms with Gasteiger partial charge < -0.3 is 24.6 Å². The van der Waals surface area contributed by atoms with E-state index in [4.69, 9.17) is 19.1 Å². The van der Waals surface area contributed by atoms with Gasteiger partial charge in [-0.1, -0.05) is 148 Å². The average molecular weight is 667 g/mol. The highest BCUT2D eigenvalue weighted by molar-refractivity contribution is 7.47. The Bertz CT molecular complexity index is 736. The molecule has 0 heterocycles. The first-order chi connectivity index (χ1) is 21.7. The Balaban J connectivity index is 3.69. The molecule has 3 N–H and O–H groups in total. The van der Waals surface area contributed by atoms with E-state index < -0.39 is 51.8 Å². The maximum Gasteiger partial charge on any atom is 0.472 e. The van der Waals surface area contributed by atoms with Crippen molar-refractivity contribution in [1.82, 2.24) is 0 Å². The van der Waals surface area contributed by atoms with E-state index in [2.05, 4.69) is 11.4 Å². The molecule has 10 nitrogen and oxygen atoms in total. The molecule has 0 aromatic heterocycles.